The van der Waals surface area contributed by atoms with Crippen LogP contribution in [0, 0.1) is 23.2 Å². The Morgan fingerprint density at radius 2 is 2.16 bits per heavy atom. The molecule has 0 N–H and O–H groups in total. The Kier molecular flexibility index (Phi) is 6.14. The molecule has 25 heavy (non-hydrogen) atoms. The van der Waals surface area contributed by atoms with Gasteiger partial charge in [0.2, 0.25) is 0 Å². The molecule has 0 amide bonds. The van der Waals surface area contributed by atoms with Gasteiger partial charge in [-0.15, -0.1) is 0 Å². The third-order valence-electron chi connectivity index (χ3n) is 5.26. The Morgan fingerprint density at radius 3 is 2.76 bits per heavy atom. The van der Waals surface area contributed by atoms with E-state index in [0.717, 1.165) is 6.42 Å². The molecule has 2 saturated carbocycles. The van der Waals surface area contributed by atoms with Crippen molar-refractivity contribution in [2.24, 2.45) is 28.3 Å². The molecule has 0 aromatic carbocycles. The Labute approximate surface area is 148 Å². The van der Waals surface area contributed by atoms with Crippen LogP contribution in [-0.4, -0.2) is 37.0 Å². The first-order valence-electron chi connectivity index (χ1n) is 8.85. The number of hydrogen-bond acceptors (Lipinski definition) is 6. The van der Waals surface area contributed by atoms with Crippen LogP contribution in [0.2, 0.25) is 0 Å². The van der Waals surface area contributed by atoms with Gasteiger partial charge in [0.15, 0.2) is 5.78 Å². The van der Waals surface area contributed by atoms with E-state index in [0.29, 0.717) is 25.0 Å². The monoisotopic (exact) mass is 349 g/mol. The van der Waals surface area contributed by atoms with Gasteiger partial charge in [0.05, 0.1) is 18.2 Å². The molecular formula is C19H27NO5. The summed E-state index contributed by atoms with van der Waals surface area (Å²) in [6.45, 7) is 7.73. The van der Waals surface area contributed by atoms with Gasteiger partial charge in [-0.05, 0) is 25.2 Å². The minimum Gasteiger partial charge on any atom is -0.469 e. The molecule has 2 aliphatic rings. The number of hydrogen-bond donors (Lipinski definition) is 0. The predicted molar refractivity (Wildman–Crippen MR) is 93.0 cm³/mol. The molecule has 0 aromatic rings. The van der Waals surface area contributed by atoms with Crippen molar-refractivity contribution in [3.8, 4) is 0 Å². The fourth-order valence-electron chi connectivity index (χ4n) is 4.35. The molecule has 0 bridgehead atoms. The van der Waals surface area contributed by atoms with E-state index in [4.69, 9.17) is 9.57 Å². The van der Waals surface area contributed by atoms with E-state index in [1.165, 1.54) is 7.11 Å². The average molecular weight is 349 g/mol. The second-order valence-electron chi connectivity index (χ2n) is 7.14. The molecule has 2 rings (SSSR count). The SMILES string of the molecule is C=CCON=C(CCC)C1C(=O)CC2(C(=O)OC)CC(C)CC2C1=O. The molecule has 0 saturated heterocycles. The van der Waals surface area contributed by atoms with Crippen molar-refractivity contribution in [2.75, 3.05) is 13.7 Å². The van der Waals surface area contributed by atoms with Gasteiger partial charge in [-0.25, -0.2) is 0 Å². The van der Waals surface area contributed by atoms with Crippen LogP contribution in [0.3, 0.4) is 0 Å². The van der Waals surface area contributed by atoms with Crippen molar-refractivity contribution in [1.82, 2.24) is 0 Å². The zero-order chi connectivity index (χ0) is 18.6. The molecule has 6 heteroatoms. The van der Waals surface area contributed by atoms with Crippen LogP contribution in [-0.2, 0) is 24.0 Å². The third-order valence-corrected chi connectivity index (χ3v) is 5.26. The number of carbonyl (C=O) groups excluding carboxylic acids is 3. The highest BCUT2D eigenvalue weighted by atomic mass is 16.6. The van der Waals surface area contributed by atoms with Crippen LogP contribution < -0.4 is 0 Å². The van der Waals surface area contributed by atoms with Gasteiger partial charge in [0, 0.05) is 12.3 Å². The van der Waals surface area contributed by atoms with Crippen molar-refractivity contribution >= 4 is 23.2 Å². The fourth-order valence-corrected chi connectivity index (χ4v) is 4.35. The lowest BCUT2D eigenvalue weighted by molar-refractivity contribution is -0.164. The Balaban J connectivity index is 2.36. The van der Waals surface area contributed by atoms with E-state index >= 15 is 0 Å². The van der Waals surface area contributed by atoms with E-state index in [1.807, 2.05) is 13.8 Å². The molecule has 2 fully saturated rings. The molecule has 0 radical (unpaired) electrons. The standard InChI is InChI=1S/C19H27NO5/c1-5-7-14(20-25-8-6-2)16-15(21)11-19(18(23)24-4)10-12(3)9-13(19)17(16)22/h6,12-13,16H,2,5,7-11H2,1,3-4H3. The van der Waals surface area contributed by atoms with E-state index in [-0.39, 0.29) is 30.5 Å². The highest BCUT2D eigenvalue weighted by molar-refractivity contribution is 6.24. The summed E-state index contributed by atoms with van der Waals surface area (Å²) in [6.07, 6.45) is 3.96. The number of nitrogens with zero attached hydrogens (tertiary/aromatic N) is 1. The maximum absolute atomic E-state index is 13.2. The molecular weight excluding hydrogens is 322 g/mol. The van der Waals surface area contributed by atoms with Gasteiger partial charge in [-0.2, -0.15) is 0 Å². The quantitative estimate of drug-likeness (QED) is 0.176. The van der Waals surface area contributed by atoms with Crippen LogP contribution in [0.15, 0.2) is 17.8 Å². The van der Waals surface area contributed by atoms with Crippen LogP contribution in [0.5, 0.6) is 0 Å². The van der Waals surface area contributed by atoms with Crippen molar-refractivity contribution in [2.45, 2.75) is 46.0 Å². The number of oxime groups is 1. The minimum absolute atomic E-state index is 0.0370. The first-order valence-corrected chi connectivity index (χ1v) is 8.85. The second kappa shape index (κ2) is 7.93. The number of rotatable bonds is 7. The Morgan fingerprint density at radius 1 is 1.44 bits per heavy atom. The molecule has 4 atom stereocenters. The van der Waals surface area contributed by atoms with Crippen molar-refractivity contribution in [3.05, 3.63) is 12.7 Å². The number of fused-ring (bicyclic) bond motifs is 1. The van der Waals surface area contributed by atoms with Gasteiger partial charge in [0.25, 0.3) is 0 Å². The zero-order valence-corrected chi connectivity index (χ0v) is 15.2. The van der Waals surface area contributed by atoms with Crippen LogP contribution in [0.25, 0.3) is 0 Å². The molecule has 0 aromatic heterocycles. The Hall–Kier alpha value is -1.98. The lowest BCUT2D eigenvalue weighted by Gasteiger charge is -2.38. The lowest BCUT2D eigenvalue weighted by Crippen LogP contribution is -2.52. The summed E-state index contributed by atoms with van der Waals surface area (Å²) < 4.78 is 4.95. The van der Waals surface area contributed by atoms with Gasteiger partial charge < -0.3 is 9.57 Å². The topological polar surface area (TPSA) is 82.0 Å². The molecule has 2 aliphatic carbocycles. The zero-order valence-electron chi connectivity index (χ0n) is 15.2. The Bertz CT molecular complexity index is 597. The maximum Gasteiger partial charge on any atom is 0.312 e. The molecule has 6 nitrogen and oxygen atoms in total. The summed E-state index contributed by atoms with van der Waals surface area (Å²) in [7, 11) is 1.31. The minimum atomic E-state index is -1.00. The van der Waals surface area contributed by atoms with Crippen molar-refractivity contribution in [1.29, 1.82) is 0 Å². The third kappa shape index (κ3) is 3.53. The molecule has 4 unspecified atom stereocenters. The predicted octanol–water partition coefficient (Wildman–Crippen LogP) is 2.71. The molecule has 0 aliphatic heterocycles. The number of Topliss-reactive ketones (excluding diaryl/α,β-unsaturated/α-hetero) is 2. The van der Waals surface area contributed by atoms with Gasteiger partial charge in [-0.1, -0.05) is 38.1 Å². The van der Waals surface area contributed by atoms with Gasteiger partial charge in [0.1, 0.15) is 18.3 Å². The number of ether oxygens (including phenoxy) is 1. The largest absolute Gasteiger partial charge is 0.469 e. The number of carbonyl (C=O) groups is 3. The first-order chi connectivity index (χ1) is 11.9. The summed E-state index contributed by atoms with van der Waals surface area (Å²) in [5.74, 6) is -2.10. The summed E-state index contributed by atoms with van der Waals surface area (Å²) >= 11 is 0. The number of methoxy groups -OCH3 is 1. The molecule has 0 heterocycles. The average Bonchev–Trinajstić information content (AvgIpc) is 2.91. The summed E-state index contributed by atoms with van der Waals surface area (Å²) in [6, 6.07) is 0. The number of esters is 1. The van der Waals surface area contributed by atoms with E-state index in [1.54, 1.807) is 6.08 Å². The lowest BCUT2D eigenvalue weighted by atomic mass is 9.62. The van der Waals surface area contributed by atoms with Crippen LogP contribution >= 0.6 is 0 Å². The maximum atomic E-state index is 13.2. The van der Waals surface area contributed by atoms with Crippen LogP contribution in [0.1, 0.15) is 46.0 Å². The summed E-state index contributed by atoms with van der Waals surface area (Å²) in [5, 5.41) is 4.04. The first kappa shape index (κ1) is 19.3. The van der Waals surface area contributed by atoms with Crippen molar-refractivity contribution in [3.63, 3.8) is 0 Å². The van der Waals surface area contributed by atoms with Gasteiger partial charge in [-0.3, -0.25) is 14.4 Å². The van der Waals surface area contributed by atoms with Crippen LogP contribution in [0.4, 0.5) is 0 Å². The summed E-state index contributed by atoms with van der Waals surface area (Å²) in [4.78, 5) is 43.6. The fraction of sp³-hybridized carbons (Fsp3) is 0.684. The van der Waals surface area contributed by atoms with E-state index in [2.05, 4.69) is 11.7 Å². The number of ketones is 2. The highest BCUT2D eigenvalue weighted by Crippen LogP contribution is 2.54. The van der Waals surface area contributed by atoms with Gasteiger partial charge >= 0.3 is 5.97 Å². The van der Waals surface area contributed by atoms with E-state index < -0.39 is 23.2 Å². The molecule has 0 spiro atoms. The summed E-state index contributed by atoms with van der Waals surface area (Å²) in [5.41, 5.74) is -0.546. The van der Waals surface area contributed by atoms with Crippen molar-refractivity contribution < 1.29 is 24.0 Å². The van der Waals surface area contributed by atoms with E-state index in [9.17, 15) is 14.4 Å². The smallest absolute Gasteiger partial charge is 0.312 e. The second-order valence-corrected chi connectivity index (χ2v) is 7.14. The normalized spacial score (nSPS) is 32.3. The highest BCUT2D eigenvalue weighted by Gasteiger charge is 2.62. The molecule has 138 valence electrons.